The SMILES string of the molecule is CCNS(=O)(=O)c1ccc(C)c(C(=O)Nc2ccc(OCCN)cc2)c1. The number of sulfonamides is 1. The molecule has 2 aromatic carbocycles. The number of rotatable bonds is 8. The molecule has 1 amide bonds. The summed E-state index contributed by atoms with van der Waals surface area (Å²) in [4.78, 5) is 12.6. The van der Waals surface area contributed by atoms with Crippen LogP contribution >= 0.6 is 0 Å². The Morgan fingerprint density at radius 1 is 1.15 bits per heavy atom. The van der Waals surface area contributed by atoms with E-state index < -0.39 is 10.0 Å². The molecule has 0 aliphatic heterocycles. The van der Waals surface area contributed by atoms with Crippen molar-refractivity contribution < 1.29 is 17.9 Å². The summed E-state index contributed by atoms with van der Waals surface area (Å²) in [5.74, 6) is 0.273. The molecule has 0 fully saturated rings. The van der Waals surface area contributed by atoms with Crippen LogP contribution in [0, 0.1) is 6.92 Å². The average Bonchev–Trinajstić information content (AvgIpc) is 2.61. The van der Waals surface area contributed by atoms with Gasteiger partial charge in [-0.3, -0.25) is 4.79 Å². The Bertz CT molecular complexity index is 865. The monoisotopic (exact) mass is 377 g/mol. The summed E-state index contributed by atoms with van der Waals surface area (Å²) in [6.45, 7) is 4.56. The standard InChI is InChI=1S/C18H23N3O4S/c1-3-20-26(23,24)16-9-4-13(2)17(12-16)18(22)21-14-5-7-15(8-6-14)25-11-10-19/h4-9,12,20H,3,10-11,19H2,1-2H3,(H,21,22). The molecule has 0 saturated carbocycles. The summed E-state index contributed by atoms with van der Waals surface area (Å²) in [6.07, 6.45) is 0. The van der Waals surface area contributed by atoms with Gasteiger partial charge >= 0.3 is 0 Å². The maximum Gasteiger partial charge on any atom is 0.255 e. The van der Waals surface area contributed by atoms with E-state index in [-0.39, 0.29) is 17.3 Å². The molecule has 4 N–H and O–H groups in total. The quantitative estimate of drug-likeness (QED) is 0.651. The zero-order valence-corrected chi connectivity index (χ0v) is 15.6. The first-order valence-corrected chi connectivity index (χ1v) is 9.70. The van der Waals surface area contributed by atoms with Gasteiger partial charge in [0, 0.05) is 24.3 Å². The molecule has 0 unspecified atom stereocenters. The number of aryl methyl sites for hydroxylation is 1. The fourth-order valence-electron chi connectivity index (χ4n) is 2.30. The number of carbonyl (C=O) groups is 1. The summed E-state index contributed by atoms with van der Waals surface area (Å²) in [5.41, 5.74) is 6.94. The normalized spacial score (nSPS) is 11.2. The fraction of sp³-hybridized carbons (Fsp3) is 0.278. The van der Waals surface area contributed by atoms with Crippen LogP contribution in [-0.2, 0) is 10.0 Å². The predicted octanol–water partition coefficient (Wildman–Crippen LogP) is 1.88. The minimum Gasteiger partial charge on any atom is -0.492 e. The van der Waals surface area contributed by atoms with Crippen molar-refractivity contribution >= 4 is 21.6 Å². The molecule has 0 radical (unpaired) electrons. The predicted molar refractivity (Wildman–Crippen MR) is 101 cm³/mol. The first kappa shape index (κ1) is 19.9. The van der Waals surface area contributed by atoms with Crippen LogP contribution in [0.25, 0.3) is 0 Å². The Hall–Kier alpha value is -2.42. The summed E-state index contributed by atoms with van der Waals surface area (Å²) in [6, 6.07) is 11.3. The lowest BCUT2D eigenvalue weighted by atomic mass is 10.1. The van der Waals surface area contributed by atoms with Gasteiger partial charge in [0.25, 0.3) is 5.91 Å². The second-order valence-electron chi connectivity index (χ2n) is 5.59. The molecule has 8 heteroatoms. The molecule has 2 rings (SSSR count). The van der Waals surface area contributed by atoms with E-state index in [9.17, 15) is 13.2 Å². The van der Waals surface area contributed by atoms with Gasteiger partial charge in [0.15, 0.2) is 0 Å². The van der Waals surface area contributed by atoms with Crippen molar-refractivity contribution in [2.24, 2.45) is 5.73 Å². The Kier molecular flexibility index (Phi) is 6.73. The average molecular weight is 377 g/mol. The molecule has 0 aliphatic rings. The van der Waals surface area contributed by atoms with E-state index in [1.165, 1.54) is 12.1 Å². The number of benzene rings is 2. The van der Waals surface area contributed by atoms with Crippen LogP contribution in [0.4, 0.5) is 5.69 Å². The molecular formula is C18H23N3O4S. The molecule has 0 saturated heterocycles. The third-order valence-corrected chi connectivity index (χ3v) is 5.14. The molecule has 140 valence electrons. The van der Waals surface area contributed by atoms with Gasteiger partial charge in [0.2, 0.25) is 10.0 Å². The zero-order valence-electron chi connectivity index (χ0n) is 14.8. The topological polar surface area (TPSA) is 111 Å². The smallest absolute Gasteiger partial charge is 0.255 e. The summed E-state index contributed by atoms with van der Waals surface area (Å²) in [7, 11) is -3.63. The van der Waals surface area contributed by atoms with E-state index in [0.29, 0.717) is 35.7 Å². The maximum absolute atomic E-state index is 12.6. The second kappa shape index (κ2) is 8.79. The number of hydrogen-bond acceptors (Lipinski definition) is 5. The van der Waals surface area contributed by atoms with Gasteiger partial charge < -0.3 is 15.8 Å². The van der Waals surface area contributed by atoms with Crippen molar-refractivity contribution in [2.45, 2.75) is 18.7 Å². The fourth-order valence-corrected chi connectivity index (χ4v) is 3.36. The highest BCUT2D eigenvalue weighted by Gasteiger charge is 2.17. The third kappa shape index (κ3) is 5.04. The molecule has 0 aromatic heterocycles. The second-order valence-corrected chi connectivity index (χ2v) is 7.36. The first-order chi connectivity index (χ1) is 12.4. The highest BCUT2D eigenvalue weighted by molar-refractivity contribution is 7.89. The van der Waals surface area contributed by atoms with Crippen LogP contribution in [0.3, 0.4) is 0 Å². The largest absolute Gasteiger partial charge is 0.492 e. The lowest BCUT2D eigenvalue weighted by molar-refractivity contribution is 0.102. The van der Waals surface area contributed by atoms with Crippen molar-refractivity contribution in [1.29, 1.82) is 0 Å². The lowest BCUT2D eigenvalue weighted by Gasteiger charge is -2.11. The first-order valence-electron chi connectivity index (χ1n) is 8.22. The van der Waals surface area contributed by atoms with Gasteiger partial charge in [-0.05, 0) is 48.9 Å². The summed E-state index contributed by atoms with van der Waals surface area (Å²) in [5, 5.41) is 2.76. The summed E-state index contributed by atoms with van der Waals surface area (Å²) >= 11 is 0. The number of hydrogen-bond donors (Lipinski definition) is 3. The van der Waals surface area contributed by atoms with E-state index in [2.05, 4.69) is 10.0 Å². The van der Waals surface area contributed by atoms with Crippen molar-refractivity contribution in [1.82, 2.24) is 4.72 Å². The lowest BCUT2D eigenvalue weighted by Crippen LogP contribution is -2.24. The molecule has 26 heavy (non-hydrogen) atoms. The minimum absolute atomic E-state index is 0.0561. The maximum atomic E-state index is 12.6. The summed E-state index contributed by atoms with van der Waals surface area (Å²) < 4.78 is 32.1. The van der Waals surface area contributed by atoms with Gasteiger partial charge in [0.1, 0.15) is 12.4 Å². The van der Waals surface area contributed by atoms with Gasteiger partial charge in [-0.1, -0.05) is 13.0 Å². The Labute approximate surface area is 153 Å². The highest BCUT2D eigenvalue weighted by atomic mass is 32.2. The zero-order chi connectivity index (χ0) is 19.2. The van der Waals surface area contributed by atoms with Crippen LogP contribution in [0.5, 0.6) is 5.75 Å². The van der Waals surface area contributed by atoms with Crippen molar-refractivity contribution in [3.05, 3.63) is 53.6 Å². The van der Waals surface area contributed by atoms with E-state index in [0.717, 1.165) is 0 Å². The van der Waals surface area contributed by atoms with Crippen molar-refractivity contribution in [3.63, 3.8) is 0 Å². The van der Waals surface area contributed by atoms with Gasteiger partial charge in [0.05, 0.1) is 4.90 Å². The number of carbonyl (C=O) groups excluding carboxylic acids is 1. The minimum atomic E-state index is -3.63. The number of ether oxygens (including phenoxy) is 1. The van der Waals surface area contributed by atoms with E-state index >= 15 is 0 Å². The number of nitrogens with one attached hydrogen (secondary N) is 2. The van der Waals surface area contributed by atoms with E-state index in [1.807, 2.05) is 0 Å². The van der Waals surface area contributed by atoms with Gasteiger partial charge in [-0.25, -0.2) is 13.1 Å². The molecule has 0 spiro atoms. The molecule has 2 aromatic rings. The van der Waals surface area contributed by atoms with Crippen molar-refractivity contribution in [3.8, 4) is 5.75 Å². The van der Waals surface area contributed by atoms with Gasteiger partial charge in [-0.15, -0.1) is 0 Å². The van der Waals surface area contributed by atoms with Crippen LogP contribution in [0.15, 0.2) is 47.4 Å². The Morgan fingerprint density at radius 2 is 1.85 bits per heavy atom. The third-order valence-electron chi connectivity index (χ3n) is 3.60. The van der Waals surface area contributed by atoms with Crippen LogP contribution in [0.1, 0.15) is 22.8 Å². The molecule has 0 aliphatic carbocycles. The molecule has 0 bridgehead atoms. The van der Waals surface area contributed by atoms with E-state index in [1.54, 1.807) is 44.2 Å². The number of amides is 1. The van der Waals surface area contributed by atoms with Gasteiger partial charge in [-0.2, -0.15) is 0 Å². The molecule has 0 heterocycles. The number of anilines is 1. The van der Waals surface area contributed by atoms with E-state index in [4.69, 9.17) is 10.5 Å². The van der Waals surface area contributed by atoms with Crippen LogP contribution < -0.4 is 20.5 Å². The molecule has 0 atom stereocenters. The molecule has 7 nitrogen and oxygen atoms in total. The van der Waals surface area contributed by atoms with Crippen molar-refractivity contribution in [2.75, 3.05) is 25.0 Å². The Morgan fingerprint density at radius 3 is 2.46 bits per heavy atom. The highest BCUT2D eigenvalue weighted by Crippen LogP contribution is 2.19. The van der Waals surface area contributed by atoms with Crippen LogP contribution in [0.2, 0.25) is 0 Å². The number of nitrogens with two attached hydrogens (primary N) is 1. The molecular weight excluding hydrogens is 354 g/mol. The Balaban J connectivity index is 2.19. The van der Waals surface area contributed by atoms with Crippen LogP contribution in [-0.4, -0.2) is 34.0 Å².